The predicted molar refractivity (Wildman–Crippen MR) is 149 cm³/mol. The first kappa shape index (κ1) is 25.4. The number of nitrogens with one attached hydrogen (secondary N) is 2. The molecule has 1 saturated heterocycles. The first-order valence-electron chi connectivity index (χ1n) is 13.7. The number of rotatable bonds is 5. The van der Waals surface area contributed by atoms with E-state index in [0.29, 0.717) is 50.0 Å². The highest BCUT2D eigenvalue weighted by Crippen LogP contribution is 2.48. The Morgan fingerprint density at radius 2 is 1.79 bits per heavy atom. The Kier molecular flexibility index (Phi) is 6.77. The molecular weight excluding hydrogens is 492 g/mol. The second-order valence-electron chi connectivity index (χ2n) is 10.7. The van der Waals surface area contributed by atoms with E-state index in [0.717, 1.165) is 44.7 Å². The van der Waals surface area contributed by atoms with Crippen molar-refractivity contribution >= 4 is 22.7 Å². The van der Waals surface area contributed by atoms with Crippen molar-refractivity contribution in [1.29, 1.82) is 0 Å². The van der Waals surface area contributed by atoms with E-state index in [1.807, 2.05) is 43.5 Å². The normalized spacial score (nSPS) is 22.1. The Labute approximate surface area is 228 Å². The van der Waals surface area contributed by atoms with Crippen molar-refractivity contribution in [2.75, 3.05) is 20.3 Å². The largest absolute Gasteiger partial charge is 0.496 e. The third-order valence-corrected chi connectivity index (χ3v) is 8.34. The molecule has 2 aromatic carbocycles. The fourth-order valence-electron chi connectivity index (χ4n) is 6.43. The third kappa shape index (κ3) is 4.55. The summed E-state index contributed by atoms with van der Waals surface area (Å²) in [6.07, 6.45) is 4.08. The summed E-state index contributed by atoms with van der Waals surface area (Å²) >= 11 is 0. The number of hydrogen-bond donors (Lipinski definition) is 2. The molecule has 2 atom stereocenters. The van der Waals surface area contributed by atoms with Gasteiger partial charge in [0.1, 0.15) is 11.9 Å². The van der Waals surface area contributed by atoms with Crippen LogP contribution in [0.2, 0.25) is 0 Å². The fourth-order valence-corrected chi connectivity index (χ4v) is 6.43. The van der Waals surface area contributed by atoms with Gasteiger partial charge in [-0.25, -0.2) is 4.79 Å². The number of fused-ring (bicyclic) bond motifs is 1. The lowest BCUT2D eigenvalue weighted by atomic mass is 9.71. The van der Waals surface area contributed by atoms with E-state index in [2.05, 4.69) is 29.4 Å². The quantitative estimate of drug-likeness (QED) is 0.423. The first-order chi connectivity index (χ1) is 19.0. The van der Waals surface area contributed by atoms with Crippen molar-refractivity contribution in [2.24, 2.45) is 0 Å². The van der Waals surface area contributed by atoms with Gasteiger partial charge in [-0.2, -0.15) is 0 Å². The number of carbonyl (C=O) groups excluding carboxylic acids is 2. The van der Waals surface area contributed by atoms with Crippen LogP contribution in [0.25, 0.3) is 10.9 Å². The highest BCUT2D eigenvalue weighted by atomic mass is 16.6. The molecule has 7 heteroatoms. The minimum absolute atomic E-state index is 0.0191. The Morgan fingerprint density at radius 3 is 2.59 bits per heavy atom. The molecule has 0 bridgehead atoms. The number of hydrogen-bond acceptors (Lipinski definition) is 6. The number of ketones is 1. The van der Waals surface area contributed by atoms with Crippen LogP contribution in [0.15, 0.2) is 71.2 Å². The molecule has 0 unspecified atom stereocenters. The molecular formula is C32H34N2O5. The van der Waals surface area contributed by atoms with Gasteiger partial charge in [-0.1, -0.05) is 30.3 Å². The standard InChI is InChI=1S/C32H34N2O5/c1-18-8-9-23(24-10-13-33-31(18)24)29-28(32(36)39-21-11-14-38-15-12-21)19(2)34-25-16-20(17-26(35)30(25)29)22-6-4-5-7-27(22)37-3/h4-10,13,20-21,29,33-34H,11-12,14-17H2,1-3H3/t20-,29-/m1/s1. The number of aromatic amines is 1. The molecule has 1 aromatic heterocycles. The predicted octanol–water partition coefficient (Wildman–Crippen LogP) is 5.57. The number of ether oxygens (including phenoxy) is 3. The maximum atomic E-state index is 14.1. The Hall–Kier alpha value is -3.84. The molecule has 3 aliphatic rings. The van der Waals surface area contributed by atoms with Crippen molar-refractivity contribution < 1.29 is 23.8 Å². The molecule has 3 aromatic rings. The second-order valence-corrected chi connectivity index (χ2v) is 10.7. The van der Waals surface area contributed by atoms with Gasteiger partial charge in [0.2, 0.25) is 0 Å². The summed E-state index contributed by atoms with van der Waals surface area (Å²) in [5.74, 6) is -0.0783. The zero-order valence-corrected chi connectivity index (χ0v) is 22.6. The van der Waals surface area contributed by atoms with Gasteiger partial charge >= 0.3 is 5.97 Å². The van der Waals surface area contributed by atoms with Crippen LogP contribution in [0, 0.1) is 6.92 Å². The summed E-state index contributed by atoms with van der Waals surface area (Å²) in [6, 6.07) is 14.0. The van der Waals surface area contributed by atoms with Crippen LogP contribution in [0.5, 0.6) is 5.75 Å². The van der Waals surface area contributed by atoms with E-state index in [4.69, 9.17) is 14.2 Å². The third-order valence-electron chi connectivity index (χ3n) is 8.34. The molecule has 0 saturated carbocycles. The number of Topliss-reactive ketones (excluding diaryl/α,β-unsaturated/α-hetero) is 1. The highest BCUT2D eigenvalue weighted by Gasteiger charge is 2.43. The van der Waals surface area contributed by atoms with E-state index < -0.39 is 5.92 Å². The number of allylic oxidation sites excluding steroid dienone is 3. The van der Waals surface area contributed by atoms with E-state index in [1.54, 1.807) is 7.11 Å². The van der Waals surface area contributed by atoms with Crippen LogP contribution in [0.3, 0.4) is 0 Å². The van der Waals surface area contributed by atoms with E-state index in [9.17, 15) is 9.59 Å². The van der Waals surface area contributed by atoms with Gasteiger partial charge in [0, 0.05) is 65.2 Å². The van der Waals surface area contributed by atoms with Crippen LogP contribution >= 0.6 is 0 Å². The number of esters is 1. The van der Waals surface area contributed by atoms with Gasteiger partial charge in [-0.15, -0.1) is 0 Å². The zero-order valence-electron chi connectivity index (χ0n) is 22.6. The molecule has 202 valence electrons. The van der Waals surface area contributed by atoms with E-state index >= 15 is 0 Å². The average Bonchev–Trinajstić information content (AvgIpc) is 3.44. The minimum atomic E-state index is -0.515. The lowest BCUT2D eigenvalue weighted by Gasteiger charge is -2.37. The van der Waals surface area contributed by atoms with Crippen LogP contribution < -0.4 is 10.1 Å². The summed E-state index contributed by atoms with van der Waals surface area (Å²) in [5.41, 5.74) is 6.86. The molecule has 0 amide bonds. The first-order valence-corrected chi connectivity index (χ1v) is 13.7. The number of H-pyrrole nitrogens is 1. The molecule has 7 nitrogen and oxygen atoms in total. The number of aromatic nitrogens is 1. The van der Waals surface area contributed by atoms with Crippen LogP contribution in [0.4, 0.5) is 0 Å². The Morgan fingerprint density at radius 1 is 1.00 bits per heavy atom. The number of aryl methyl sites for hydroxylation is 1. The summed E-state index contributed by atoms with van der Waals surface area (Å²) in [7, 11) is 1.66. The van der Waals surface area contributed by atoms with Crippen molar-refractivity contribution in [3.8, 4) is 5.75 Å². The van der Waals surface area contributed by atoms with Gasteiger partial charge in [0.05, 0.1) is 25.9 Å². The summed E-state index contributed by atoms with van der Waals surface area (Å²) in [4.78, 5) is 31.2. The van der Waals surface area contributed by atoms with Crippen molar-refractivity contribution in [3.05, 3.63) is 87.9 Å². The molecule has 1 fully saturated rings. The van der Waals surface area contributed by atoms with Crippen LogP contribution in [-0.2, 0) is 19.1 Å². The summed E-state index contributed by atoms with van der Waals surface area (Å²) in [6.45, 7) is 5.13. The van der Waals surface area contributed by atoms with Gasteiger partial charge in [0.15, 0.2) is 5.78 Å². The lowest BCUT2D eigenvalue weighted by molar-refractivity contribution is -0.148. The van der Waals surface area contributed by atoms with Gasteiger partial charge in [0.25, 0.3) is 0 Å². The fraction of sp³-hybridized carbons (Fsp3) is 0.375. The van der Waals surface area contributed by atoms with Gasteiger partial charge < -0.3 is 24.5 Å². The molecule has 0 spiro atoms. The van der Waals surface area contributed by atoms with E-state index in [-0.39, 0.29) is 23.8 Å². The topological polar surface area (TPSA) is 89.7 Å². The van der Waals surface area contributed by atoms with Crippen molar-refractivity contribution in [3.63, 3.8) is 0 Å². The van der Waals surface area contributed by atoms with Crippen LogP contribution in [-0.4, -0.2) is 43.2 Å². The number of benzene rings is 2. The molecule has 1 aliphatic carbocycles. The molecule has 3 heterocycles. The summed E-state index contributed by atoms with van der Waals surface area (Å²) < 4.78 is 17.1. The number of methoxy groups -OCH3 is 1. The van der Waals surface area contributed by atoms with Gasteiger partial charge in [-0.3, -0.25) is 4.79 Å². The van der Waals surface area contributed by atoms with Crippen molar-refractivity contribution in [1.82, 2.24) is 10.3 Å². The number of dihydropyridines is 1. The maximum Gasteiger partial charge on any atom is 0.337 e. The maximum absolute atomic E-state index is 14.1. The smallest absolute Gasteiger partial charge is 0.337 e. The van der Waals surface area contributed by atoms with Crippen molar-refractivity contribution in [2.45, 2.75) is 57.5 Å². The number of para-hydroxylation sites is 1. The molecule has 2 N–H and O–H groups in total. The Balaban J connectivity index is 1.45. The highest BCUT2D eigenvalue weighted by molar-refractivity contribution is 6.05. The molecule has 0 radical (unpaired) electrons. The number of carbonyl (C=O) groups is 2. The monoisotopic (exact) mass is 526 g/mol. The van der Waals surface area contributed by atoms with Gasteiger partial charge in [-0.05, 0) is 49.1 Å². The zero-order chi connectivity index (χ0) is 27.1. The summed E-state index contributed by atoms with van der Waals surface area (Å²) in [5, 5.41) is 4.48. The molecule has 39 heavy (non-hydrogen) atoms. The SMILES string of the molecule is COc1ccccc1[C@H]1CC(=O)C2=C(C1)NC(C)=C(C(=O)OC1CCOCC1)[C@H]2c1ccc(C)c2[nH]ccc12. The average molecular weight is 527 g/mol. The van der Waals surface area contributed by atoms with Crippen LogP contribution in [0.1, 0.15) is 61.1 Å². The van der Waals surface area contributed by atoms with E-state index in [1.165, 1.54) is 0 Å². The second kappa shape index (κ2) is 10.4. The Bertz CT molecular complexity index is 1510. The lowest BCUT2D eigenvalue weighted by Crippen LogP contribution is -2.37. The molecule has 2 aliphatic heterocycles. The minimum Gasteiger partial charge on any atom is -0.496 e. The molecule has 6 rings (SSSR count).